The minimum Gasteiger partial charge on any atom is -0.469 e. The molecule has 1 aromatic heterocycles. The maximum Gasteiger partial charge on any atom is 0.433 e. The molecule has 1 rings (SSSR count). The van der Waals surface area contributed by atoms with E-state index in [1.165, 1.54) is 12.0 Å². The van der Waals surface area contributed by atoms with Gasteiger partial charge in [0, 0.05) is 13.1 Å². The summed E-state index contributed by atoms with van der Waals surface area (Å²) < 4.78 is 42.9. The number of carbonyl (C=O) groups excluding carboxylic acids is 1. The van der Waals surface area contributed by atoms with Gasteiger partial charge < -0.3 is 9.64 Å². The SMILES string of the molecule is CCN(C[C@H](C)C(=O)OC)c1nc(C(F)(F)F)ccc1C#N. The summed E-state index contributed by atoms with van der Waals surface area (Å²) in [5.41, 5.74) is -1.06. The molecule has 0 unspecified atom stereocenters. The second kappa shape index (κ2) is 7.11. The van der Waals surface area contributed by atoms with Gasteiger partial charge in [-0.2, -0.15) is 18.4 Å². The first kappa shape index (κ1) is 17.8. The van der Waals surface area contributed by atoms with E-state index in [-0.39, 0.29) is 17.9 Å². The summed E-state index contributed by atoms with van der Waals surface area (Å²) in [6, 6.07) is 3.66. The van der Waals surface area contributed by atoms with Crippen LogP contribution in [0.1, 0.15) is 25.1 Å². The molecule has 1 heterocycles. The lowest BCUT2D eigenvalue weighted by Gasteiger charge is -2.26. The molecule has 1 aromatic rings. The van der Waals surface area contributed by atoms with Gasteiger partial charge in [0.05, 0.1) is 18.6 Å². The molecule has 0 aliphatic carbocycles. The summed E-state index contributed by atoms with van der Waals surface area (Å²) in [5, 5.41) is 9.06. The lowest BCUT2D eigenvalue weighted by atomic mass is 10.1. The van der Waals surface area contributed by atoms with Gasteiger partial charge in [0.15, 0.2) is 0 Å². The second-order valence-electron chi connectivity index (χ2n) is 4.64. The molecule has 0 aliphatic rings. The largest absolute Gasteiger partial charge is 0.469 e. The molecule has 22 heavy (non-hydrogen) atoms. The van der Waals surface area contributed by atoms with Crippen LogP contribution in [-0.2, 0) is 15.7 Å². The molecule has 0 spiro atoms. The van der Waals surface area contributed by atoms with Crippen molar-refractivity contribution < 1.29 is 22.7 Å². The molecule has 0 radical (unpaired) electrons. The lowest BCUT2D eigenvalue weighted by Crippen LogP contribution is -2.33. The Hall–Kier alpha value is -2.30. The Bertz CT molecular complexity index is 582. The summed E-state index contributed by atoms with van der Waals surface area (Å²) in [4.78, 5) is 16.5. The highest BCUT2D eigenvalue weighted by molar-refractivity contribution is 5.72. The zero-order valence-corrected chi connectivity index (χ0v) is 12.4. The third kappa shape index (κ3) is 4.10. The maximum absolute atomic E-state index is 12.8. The first-order valence-corrected chi connectivity index (χ1v) is 6.55. The molecule has 120 valence electrons. The van der Waals surface area contributed by atoms with Crippen molar-refractivity contribution >= 4 is 11.8 Å². The third-order valence-electron chi connectivity index (χ3n) is 3.07. The van der Waals surface area contributed by atoms with Crippen molar-refractivity contribution in [2.45, 2.75) is 20.0 Å². The fraction of sp³-hybridized carbons (Fsp3) is 0.500. The van der Waals surface area contributed by atoms with Crippen molar-refractivity contribution in [3.05, 3.63) is 23.4 Å². The van der Waals surface area contributed by atoms with Crippen LogP contribution < -0.4 is 4.90 Å². The van der Waals surface area contributed by atoms with Crippen molar-refractivity contribution in [3.8, 4) is 6.07 Å². The van der Waals surface area contributed by atoms with E-state index in [0.29, 0.717) is 6.54 Å². The number of esters is 1. The molecule has 0 saturated carbocycles. The Morgan fingerprint density at radius 2 is 2.14 bits per heavy atom. The van der Waals surface area contributed by atoms with Gasteiger partial charge in [0.1, 0.15) is 17.6 Å². The number of methoxy groups -OCH3 is 1. The molecular formula is C14H16F3N3O2. The van der Waals surface area contributed by atoms with Crippen molar-refractivity contribution in [1.29, 1.82) is 5.26 Å². The van der Waals surface area contributed by atoms with Gasteiger partial charge in [-0.15, -0.1) is 0 Å². The topological polar surface area (TPSA) is 66.2 Å². The number of hydrogen-bond donors (Lipinski definition) is 0. The van der Waals surface area contributed by atoms with Gasteiger partial charge in [-0.1, -0.05) is 6.92 Å². The molecule has 0 bridgehead atoms. The number of carbonyl (C=O) groups is 1. The number of nitriles is 1. The smallest absolute Gasteiger partial charge is 0.433 e. The van der Waals surface area contributed by atoms with Crippen LogP contribution in [0.4, 0.5) is 19.0 Å². The van der Waals surface area contributed by atoms with Crippen LogP contribution in [0.15, 0.2) is 12.1 Å². The quantitative estimate of drug-likeness (QED) is 0.781. The minimum atomic E-state index is -4.60. The van der Waals surface area contributed by atoms with Gasteiger partial charge >= 0.3 is 12.1 Å². The van der Waals surface area contributed by atoms with Crippen molar-refractivity contribution in [2.24, 2.45) is 5.92 Å². The summed E-state index contributed by atoms with van der Waals surface area (Å²) in [7, 11) is 1.23. The Morgan fingerprint density at radius 1 is 1.50 bits per heavy atom. The number of hydrogen-bond acceptors (Lipinski definition) is 5. The van der Waals surface area contributed by atoms with E-state index in [9.17, 15) is 18.0 Å². The third-order valence-corrected chi connectivity index (χ3v) is 3.07. The van der Waals surface area contributed by atoms with E-state index in [1.807, 2.05) is 6.07 Å². The minimum absolute atomic E-state index is 0.0203. The van der Waals surface area contributed by atoms with Crippen LogP contribution in [0.25, 0.3) is 0 Å². The Morgan fingerprint density at radius 3 is 2.59 bits per heavy atom. The predicted molar refractivity (Wildman–Crippen MR) is 73.0 cm³/mol. The Kier molecular flexibility index (Phi) is 5.74. The van der Waals surface area contributed by atoms with E-state index < -0.39 is 23.8 Å². The number of halogens is 3. The van der Waals surface area contributed by atoms with Crippen LogP contribution in [0, 0.1) is 17.2 Å². The van der Waals surface area contributed by atoms with Crippen LogP contribution in [0.3, 0.4) is 0 Å². The highest BCUT2D eigenvalue weighted by atomic mass is 19.4. The zero-order valence-electron chi connectivity index (χ0n) is 12.4. The number of aromatic nitrogens is 1. The van der Waals surface area contributed by atoms with Crippen LogP contribution in [-0.4, -0.2) is 31.2 Å². The van der Waals surface area contributed by atoms with E-state index in [2.05, 4.69) is 9.72 Å². The fourth-order valence-electron chi connectivity index (χ4n) is 1.91. The monoisotopic (exact) mass is 315 g/mol. The highest BCUT2D eigenvalue weighted by Crippen LogP contribution is 2.30. The molecule has 0 aliphatic heterocycles. The normalized spacial score (nSPS) is 12.4. The number of ether oxygens (including phenoxy) is 1. The maximum atomic E-state index is 12.8. The highest BCUT2D eigenvalue weighted by Gasteiger charge is 2.33. The Labute approximate surface area is 126 Å². The molecule has 8 heteroatoms. The van der Waals surface area contributed by atoms with Crippen LogP contribution >= 0.6 is 0 Å². The molecule has 0 amide bonds. The van der Waals surface area contributed by atoms with Gasteiger partial charge in [-0.25, -0.2) is 4.98 Å². The van der Waals surface area contributed by atoms with E-state index in [0.717, 1.165) is 12.1 Å². The lowest BCUT2D eigenvalue weighted by molar-refractivity contribution is -0.144. The molecule has 0 aromatic carbocycles. The first-order chi connectivity index (χ1) is 10.2. The van der Waals surface area contributed by atoms with Gasteiger partial charge in [0.2, 0.25) is 0 Å². The second-order valence-corrected chi connectivity index (χ2v) is 4.64. The zero-order chi connectivity index (χ0) is 16.9. The standard InChI is InChI=1S/C14H16F3N3O2/c1-4-20(8-9(2)13(21)22-3)12-10(7-18)5-6-11(19-12)14(15,16)17/h5-6,9H,4,8H2,1-3H3/t9-/m0/s1. The average molecular weight is 315 g/mol. The van der Waals surface area contributed by atoms with Gasteiger partial charge in [-0.3, -0.25) is 4.79 Å². The number of rotatable bonds is 5. The van der Waals surface area contributed by atoms with Crippen LogP contribution in [0.5, 0.6) is 0 Å². The summed E-state index contributed by atoms with van der Waals surface area (Å²) in [5.74, 6) is -1.13. The van der Waals surface area contributed by atoms with Gasteiger partial charge in [0.25, 0.3) is 0 Å². The van der Waals surface area contributed by atoms with Crippen molar-refractivity contribution in [2.75, 3.05) is 25.1 Å². The number of nitrogens with zero attached hydrogens (tertiary/aromatic N) is 3. The number of alkyl halides is 3. The molecule has 0 N–H and O–H groups in total. The molecule has 5 nitrogen and oxygen atoms in total. The Balaban J connectivity index is 3.20. The fourth-order valence-corrected chi connectivity index (χ4v) is 1.91. The van der Waals surface area contributed by atoms with E-state index in [4.69, 9.17) is 5.26 Å². The van der Waals surface area contributed by atoms with Gasteiger partial charge in [-0.05, 0) is 19.1 Å². The molecule has 0 fully saturated rings. The van der Waals surface area contributed by atoms with Crippen molar-refractivity contribution in [3.63, 3.8) is 0 Å². The molecule has 1 atom stereocenters. The van der Waals surface area contributed by atoms with Crippen molar-refractivity contribution in [1.82, 2.24) is 4.98 Å². The molecular weight excluding hydrogens is 299 g/mol. The van der Waals surface area contributed by atoms with Crippen LogP contribution in [0.2, 0.25) is 0 Å². The summed E-state index contributed by atoms with van der Waals surface area (Å²) in [6.45, 7) is 3.69. The summed E-state index contributed by atoms with van der Waals surface area (Å²) >= 11 is 0. The number of pyridine rings is 1. The van der Waals surface area contributed by atoms with E-state index in [1.54, 1.807) is 13.8 Å². The number of anilines is 1. The molecule has 0 saturated heterocycles. The predicted octanol–water partition coefficient (Wildman–Crippen LogP) is 2.61. The first-order valence-electron chi connectivity index (χ1n) is 6.55. The average Bonchev–Trinajstić information content (AvgIpc) is 2.49. The van der Waals surface area contributed by atoms with E-state index >= 15 is 0 Å². The summed E-state index contributed by atoms with van der Waals surface area (Å²) in [6.07, 6.45) is -4.60.